The molecule has 0 bridgehead atoms. The van der Waals surface area contributed by atoms with Crippen molar-refractivity contribution in [1.82, 2.24) is 5.32 Å². The Labute approximate surface area is 139 Å². The summed E-state index contributed by atoms with van der Waals surface area (Å²) in [4.78, 5) is 14.3. The molecule has 1 saturated carbocycles. The maximum Gasteiger partial charge on any atom is 0.319 e. The van der Waals surface area contributed by atoms with Crippen LogP contribution in [0, 0.1) is 5.92 Å². The van der Waals surface area contributed by atoms with Crippen LogP contribution in [0.15, 0.2) is 24.3 Å². The zero-order valence-corrected chi connectivity index (χ0v) is 14.4. The van der Waals surface area contributed by atoms with Crippen LogP contribution in [0.4, 0.5) is 16.2 Å². The molecule has 5 nitrogen and oxygen atoms in total. The van der Waals surface area contributed by atoms with Crippen molar-refractivity contribution in [2.24, 2.45) is 5.92 Å². The van der Waals surface area contributed by atoms with E-state index in [1.54, 1.807) is 0 Å². The Morgan fingerprint density at radius 1 is 1.30 bits per heavy atom. The monoisotopic (exact) mass is 319 g/mol. The number of hydrogen-bond acceptors (Lipinski definition) is 3. The van der Waals surface area contributed by atoms with E-state index < -0.39 is 0 Å². The van der Waals surface area contributed by atoms with Gasteiger partial charge in [0.1, 0.15) is 0 Å². The number of carbonyl (C=O) groups is 1. The van der Waals surface area contributed by atoms with Gasteiger partial charge in [-0.2, -0.15) is 0 Å². The van der Waals surface area contributed by atoms with Gasteiger partial charge in [0.2, 0.25) is 0 Å². The number of aliphatic hydroxyl groups is 1. The minimum atomic E-state index is -0.151. The quantitative estimate of drug-likeness (QED) is 0.781. The summed E-state index contributed by atoms with van der Waals surface area (Å²) >= 11 is 0. The molecule has 0 unspecified atom stereocenters. The molecule has 1 aromatic carbocycles. The van der Waals surface area contributed by atoms with Gasteiger partial charge in [-0.1, -0.05) is 6.07 Å². The lowest BCUT2D eigenvalue weighted by Crippen LogP contribution is -2.40. The lowest BCUT2D eigenvalue weighted by Gasteiger charge is -2.28. The lowest BCUT2D eigenvalue weighted by molar-refractivity contribution is 0.176. The topological polar surface area (TPSA) is 64.6 Å². The zero-order valence-electron chi connectivity index (χ0n) is 14.4. The van der Waals surface area contributed by atoms with Crippen molar-refractivity contribution in [1.29, 1.82) is 0 Å². The van der Waals surface area contributed by atoms with Gasteiger partial charge in [-0.05, 0) is 63.6 Å². The Morgan fingerprint density at radius 3 is 2.61 bits per heavy atom. The Bertz CT molecular complexity index is 511. The van der Waals surface area contributed by atoms with E-state index in [1.807, 2.05) is 31.3 Å². The number of hydrogen-bond donors (Lipinski definition) is 3. The van der Waals surface area contributed by atoms with Crippen LogP contribution in [-0.4, -0.2) is 36.9 Å². The van der Waals surface area contributed by atoms with Gasteiger partial charge >= 0.3 is 6.03 Å². The molecule has 2 rings (SSSR count). The molecule has 1 aromatic rings. The fourth-order valence-electron chi connectivity index (χ4n) is 2.94. The second-order valence-electron chi connectivity index (χ2n) is 6.75. The van der Waals surface area contributed by atoms with Gasteiger partial charge in [0.05, 0.1) is 0 Å². The zero-order chi connectivity index (χ0) is 16.8. The van der Waals surface area contributed by atoms with Crippen molar-refractivity contribution >= 4 is 17.4 Å². The number of rotatable bonds is 5. The smallest absolute Gasteiger partial charge is 0.319 e. The number of urea groups is 1. The van der Waals surface area contributed by atoms with E-state index in [4.69, 9.17) is 5.11 Å². The summed E-state index contributed by atoms with van der Waals surface area (Å²) in [5.41, 5.74) is 1.89. The second kappa shape index (κ2) is 8.20. The number of anilines is 2. The minimum absolute atomic E-state index is 0.151. The van der Waals surface area contributed by atoms with Crippen LogP contribution < -0.4 is 15.5 Å². The molecule has 0 aliphatic heterocycles. The van der Waals surface area contributed by atoms with Crippen molar-refractivity contribution in [2.45, 2.75) is 51.6 Å². The second-order valence-corrected chi connectivity index (χ2v) is 6.75. The number of aliphatic hydroxyl groups excluding tert-OH is 1. The highest BCUT2D eigenvalue weighted by atomic mass is 16.3. The van der Waals surface area contributed by atoms with E-state index in [-0.39, 0.29) is 18.7 Å². The first kappa shape index (κ1) is 17.6. The van der Waals surface area contributed by atoms with E-state index in [9.17, 15) is 4.79 Å². The van der Waals surface area contributed by atoms with E-state index in [0.717, 1.165) is 37.1 Å². The predicted octanol–water partition coefficient (Wildman–Crippen LogP) is 3.20. The van der Waals surface area contributed by atoms with E-state index in [1.165, 1.54) is 0 Å². The summed E-state index contributed by atoms with van der Waals surface area (Å²) in [5, 5.41) is 15.1. The molecular weight excluding hydrogens is 290 g/mol. The molecule has 0 spiro atoms. The summed E-state index contributed by atoms with van der Waals surface area (Å²) < 4.78 is 0. The average molecular weight is 319 g/mol. The Hall–Kier alpha value is -1.75. The highest BCUT2D eigenvalue weighted by molar-refractivity contribution is 5.90. The molecule has 1 aliphatic carbocycles. The molecule has 0 saturated heterocycles. The normalized spacial score (nSPS) is 21.1. The molecule has 0 aromatic heterocycles. The number of amides is 2. The van der Waals surface area contributed by atoms with Gasteiger partial charge in [-0.25, -0.2) is 4.79 Å². The number of nitrogens with zero attached hydrogens (tertiary/aromatic N) is 1. The molecule has 2 amide bonds. The maximum atomic E-state index is 12.2. The van der Waals surface area contributed by atoms with Gasteiger partial charge in [0, 0.05) is 37.1 Å². The molecule has 0 heterocycles. The molecule has 0 radical (unpaired) electrons. The van der Waals surface area contributed by atoms with Gasteiger partial charge in [-0.3, -0.25) is 0 Å². The van der Waals surface area contributed by atoms with Gasteiger partial charge in [0.15, 0.2) is 0 Å². The van der Waals surface area contributed by atoms with Crippen LogP contribution in [0.3, 0.4) is 0 Å². The Morgan fingerprint density at radius 2 is 2.00 bits per heavy atom. The first-order chi connectivity index (χ1) is 11.0. The minimum Gasteiger partial charge on any atom is -0.396 e. The molecule has 23 heavy (non-hydrogen) atoms. The van der Waals surface area contributed by atoms with Crippen LogP contribution in [0.1, 0.15) is 39.5 Å². The van der Waals surface area contributed by atoms with Crippen LogP contribution in [-0.2, 0) is 0 Å². The standard InChI is InChI=1S/C18H29N3O2/c1-13(2)21(3)17-6-4-5-16(11-17)20-18(23)19-15-9-7-14(12-22)8-10-15/h4-6,11,13-15,22H,7-10,12H2,1-3H3,(H2,19,20,23). The van der Waals surface area contributed by atoms with Crippen LogP contribution in [0.25, 0.3) is 0 Å². The summed E-state index contributed by atoms with van der Waals surface area (Å²) in [6.07, 6.45) is 3.84. The molecule has 0 atom stereocenters. The van der Waals surface area contributed by atoms with Crippen molar-refractivity contribution in [2.75, 3.05) is 23.9 Å². The van der Waals surface area contributed by atoms with Crippen LogP contribution in [0.2, 0.25) is 0 Å². The predicted molar refractivity (Wildman–Crippen MR) is 95.0 cm³/mol. The summed E-state index contributed by atoms with van der Waals surface area (Å²) in [7, 11) is 2.05. The maximum absolute atomic E-state index is 12.2. The Kier molecular flexibility index (Phi) is 6.28. The molecule has 3 N–H and O–H groups in total. The van der Waals surface area contributed by atoms with Crippen LogP contribution in [0.5, 0.6) is 0 Å². The fourth-order valence-corrected chi connectivity index (χ4v) is 2.94. The first-order valence-electron chi connectivity index (χ1n) is 8.51. The third-order valence-electron chi connectivity index (χ3n) is 4.73. The average Bonchev–Trinajstić information content (AvgIpc) is 2.55. The highest BCUT2D eigenvalue weighted by Crippen LogP contribution is 2.24. The van der Waals surface area contributed by atoms with Crippen molar-refractivity contribution in [3.63, 3.8) is 0 Å². The molecular formula is C18H29N3O2. The van der Waals surface area contributed by atoms with Gasteiger partial charge in [0.25, 0.3) is 0 Å². The SMILES string of the molecule is CC(C)N(C)c1cccc(NC(=O)NC2CCC(CO)CC2)c1. The van der Waals surface area contributed by atoms with E-state index >= 15 is 0 Å². The Balaban J connectivity index is 1.87. The summed E-state index contributed by atoms with van der Waals surface area (Å²) in [5.74, 6) is 0.402. The summed E-state index contributed by atoms with van der Waals surface area (Å²) in [6.45, 7) is 4.53. The van der Waals surface area contributed by atoms with Gasteiger partial charge < -0.3 is 20.6 Å². The molecule has 1 fully saturated rings. The molecule has 128 valence electrons. The third kappa shape index (κ3) is 5.13. The first-order valence-corrected chi connectivity index (χ1v) is 8.51. The van der Waals surface area contributed by atoms with Crippen molar-refractivity contribution in [3.05, 3.63) is 24.3 Å². The number of carbonyl (C=O) groups excluding carboxylic acids is 1. The van der Waals surface area contributed by atoms with Gasteiger partial charge in [-0.15, -0.1) is 0 Å². The third-order valence-corrected chi connectivity index (χ3v) is 4.73. The van der Waals surface area contributed by atoms with E-state index in [0.29, 0.717) is 12.0 Å². The largest absolute Gasteiger partial charge is 0.396 e. The number of nitrogens with one attached hydrogen (secondary N) is 2. The van der Waals surface area contributed by atoms with Crippen molar-refractivity contribution < 1.29 is 9.90 Å². The summed E-state index contributed by atoms with van der Waals surface area (Å²) in [6, 6.07) is 8.35. The van der Waals surface area contributed by atoms with Crippen molar-refractivity contribution in [3.8, 4) is 0 Å². The molecule has 5 heteroatoms. The number of benzene rings is 1. The molecule has 1 aliphatic rings. The lowest BCUT2D eigenvalue weighted by atomic mass is 9.87. The van der Waals surface area contributed by atoms with Crippen LogP contribution >= 0.6 is 0 Å². The highest BCUT2D eigenvalue weighted by Gasteiger charge is 2.21. The van der Waals surface area contributed by atoms with E-state index in [2.05, 4.69) is 29.4 Å². The fraction of sp³-hybridized carbons (Fsp3) is 0.611.